The van der Waals surface area contributed by atoms with E-state index in [2.05, 4.69) is 20.9 Å². The van der Waals surface area contributed by atoms with Gasteiger partial charge in [0.15, 0.2) is 5.13 Å². The van der Waals surface area contributed by atoms with Gasteiger partial charge in [0.1, 0.15) is 4.88 Å². The fourth-order valence-corrected chi connectivity index (χ4v) is 2.41. The monoisotopic (exact) mass is 298 g/mol. The number of benzene rings is 1. The van der Waals surface area contributed by atoms with Crippen LogP contribution in [0, 0.1) is 0 Å². The van der Waals surface area contributed by atoms with Crippen LogP contribution in [0.3, 0.4) is 0 Å². The molecule has 1 heterocycles. The molecule has 0 aliphatic carbocycles. The molecule has 0 unspecified atom stereocenters. The molecular formula is C10H7BrN2O2S. The second kappa shape index (κ2) is 4.23. The third-order valence-electron chi connectivity index (χ3n) is 1.94. The van der Waals surface area contributed by atoms with Gasteiger partial charge in [-0.05, 0) is 12.1 Å². The van der Waals surface area contributed by atoms with Crippen molar-refractivity contribution in [3.8, 4) is 11.3 Å². The minimum absolute atomic E-state index is 0.163. The molecule has 0 saturated heterocycles. The molecule has 0 amide bonds. The van der Waals surface area contributed by atoms with E-state index in [1.165, 1.54) is 0 Å². The molecule has 3 N–H and O–H groups in total. The van der Waals surface area contributed by atoms with E-state index in [1.54, 1.807) is 12.1 Å². The van der Waals surface area contributed by atoms with Gasteiger partial charge in [0.2, 0.25) is 0 Å². The molecule has 1 aromatic heterocycles. The molecule has 2 rings (SSSR count). The lowest BCUT2D eigenvalue weighted by Gasteiger charge is -1.99. The third kappa shape index (κ3) is 2.07. The van der Waals surface area contributed by atoms with E-state index in [4.69, 9.17) is 10.8 Å². The zero-order valence-electron chi connectivity index (χ0n) is 7.98. The molecule has 0 saturated carbocycles. The lowest BCUT2D eigenvalue weighted by molar-refractivity contribution is 0.0702. The van der Waals surface area contributed by atoms with Crippen molar-refractivity contribution in [1.82, 2.24) is 4.98 Å². The first-order valence-corrected chi connectivity index (χ1v) is 5.94. The molecule has 0 spiro atoms. The van der Waals surface area contributed by atoms with Crippen LogP contribution in [0.5, 0.6) is 0 Å². The predicted molar refractivity (Wildman–Crippen MR) is 66.6 cm³/mol. The van der Waals surface area contributed by atoms with E-state index in [9.17, 15) is 4.79 Å². The molecule has 0 radical (unpaired) electrons. The number of hydrogen-bond donors (Lipinski definition) is 2. The van der Waals surface area contributed by atoms with E-state index >= 15 is 0 Å². The molecule has 0 aliphatic heterocycles. The van der Waals surface area contributed by atoms with Gasteiger partial charge in [-0.15, -0.1) is 0 Å². The fourth-order valence-electron chi connectivity index (χ4n) is 1.31. The van der Waals surface area contributed by atoms with Crippen LogP contribution in [0.1, 0.15) is 9.67 Å². The number of rotatable bonds is 2. The number of thiazole rings is 1. The zero-order valence-corrected chi connectivity index (χ0v) is 10.4. The number of hydrogen-bond acceptors (Lipinski definition) is 4. The maximum atomic E-state index is 11.0. The van der Waals surface area contributed by atoms with E-state index < -0.39 is 5.97 Å². The van der Waals surface area contributed by atoms with Gasteiger partial charge in [0.25, 0.3) is 0 Å². The van der Waals surface area contributed by atoms with E-state index in [1.807, 2.05) is 12.1 Å². The molecule has 0 fully saturated rings. The van der Waals surface area contributed by atoms with Crippen LogP contribution in [0.15, 0.2) is 28.7 Å². The molecule has 82 valence electrons. The lowest BCUT2D eigenvalue weighted by Crippen LogP contribution is -1.95. The SMILES string of the molecule is Nc1nc(-c2cccc(Br)c2)c(C(=O)O)s1. The first-order valence-electron chi connectivity index (χ1n) is 4.33. The highest BCUT2D eigenvalue weighted by molar-refractivity contribution is 9.10. The van der Waals surface area contributed by atoms with Gasteiger partial charge < -0.3 is 10.8 Å². The Morgan fingerprint density at radius 3 is 2.88 bits per heavy atom. The smallest absolute Gasteiger partial charge is 0.348 e. The first-order chi connectivity index (χ1) is 7.58. The van der Waals surface area contributed by atoms with E-state index in [0.717, 1.165) is 21.4 Å². The van der Waals surface area contributed by atoms with E-state index in [0.29, 0.717) is 5.69 Å². The van der Waals surface area contributed by atoms with Crippen LogP contribution in [0.25, 0.3) is 11.3 Å². The van der Waals surface area contributed by atoms with Gasteiger partial charge in [-0.25, -0.2) is 9.78 Å². The van der Waals surface area contributed by atoms with Crippen molar-refractivity contribution in [3.63, 3.8) is 0 Å². The first kappa shape index (κ1) is 11.1. The summed E-state index contributed by atoms with van der Waals surface area (Å²) < 4.78 is 0.868. The Labute approximate surface area is 104 Å². The topological polar surface area (TPSA) is 76.2 Å². The summed E-state index contributed by atoms with van der Waals surface area (Å²) in [4.78, 5) is 15.2. The number of aromatic nitrogens is 1. The molecule has 1 aromatic carbocycles. The summed E-state index contributed by atoms with van der Waals surface area (Å²) in [6.07, 6.45) is 0. The van der Waals surface area contributed by atoms with Crippen LogP contribution in [-0.4, -0.2) is 16.1 Å². The Morgan fingerprint density at radius 2 is 2.25 bits per heavy atom. The minimum Gasteiger partial charge on any atom is -0.477 e. The standard InChI is InChI=1S/C10H7BrN2O2S/c11-6-3-1-2-5(4-6)7-8(9(14)15)16-10(12)13-7/h1-4H,(H2,12,13)(H,14,15). The van der Waals surface area contributed by atoms with Crippen LogP contribution in [-0.2, 0) is 0 Å². The summed E-state index contributed by atoms with van der Waals surface area (Å²) in [6, 6.07) is 7.28. The molecular weight excluding hydrogens is 292 g/mol. The summed E-state index contributed by atoms with van der Waals surface area (Å²) in [5, 5.41) is 9.27. The van der Waals surface area contributed by atoms with Crippen LogP contribution >= 0.6 is 27.3 Å². The Hall–Kier alpha value is -1.40. The number of aromatic carboxylic acids is 1. The Balaban J connectivity index is 2.59. The number of nitrogens with two attached hydrogens (primary N) is 1. The van der Waals surface area contributed by atoms with Gasteiger partial charge >= 0.3 is 5.97 Å². The molecule has 16 heavy (non-hydrogen) atoms. The minimum atomic E-state index is -1.01. The van der Waals surface area contributed by atoms with Crippen molar-refractivity contribution < 1.29 is 9.90 Å². The van der Waals surface area contributed by atoms with E-state index in [-0.39, 0.29) is 10.0 Å². The lowest BCUT2D eigenvalue weighted by atomic mass is 10.1. The highest BCUT2D eigenvalue weighted by atomic mass is 79.9. The van der Waals surface area contributed by atoms with Crippen molar-refractivity contribution in [2.45, 2.75) is 0 Å². The summed E-state index contributed by atoms with van der Waals surface area (Å²) in [6.45, 7) is 0. The number of nitrogens with zero attached hydrogens (tertiary/aromatic N) is 1. The normalized spacial score (nSPS) is 10.3. The highest BCUT2D eigenvalue weighted by Gasteiger charge is 2.17. The number of carboxylic acids is 1. The average molecular weight is 299 g/mol. The number of carboxylic acid groups (broad SMARTS) is 1. The number of nitrogen functional groups attached to an aromatic ring is 1. The molecule has 6 heteroatoms. The summed E-state index contributed by atoms with van der Waals surface area (Å²) in [7, 11) is 0. The summed E-state index contributed by atoms with van der Waals surface area (Å²) in [5.41, 5.74) is 6.67. The van der Waals surface area contributed by atoms with Crippen molar-refractivity contribution in [3.05, 3.63) is 33.6 Å². The van der Waals surface area contributed by atoms with Crippen molar-refractivity contribution in [2.24, 2.45) is 0 Å². The van der Waals surface area contributed by atoms with Crippen molar-refractivity contribution in [1.29, 1.82) is 0 Å². The second-order valence-corrected chi connectivity index (χ2v) is 4.99. The van der Waals surface area contributed by atoms with Gasteiger partial charge in [-0.1, -0.05) is 39.4 Å². The maximum Gasteiger partial charge on any atom is 0.348 e. The van der Waals surface area contributed by atoms with Crippen molar-refractivity contribution in [2.75, 3.05) is 5.73 Å². The Morgan fingerprint density at radius 1 is 1.50 bits per heavy atom. The Kier molecular flexibility index (Phi) is 2.93. The number of anilines is 1. The largest absolute Gasteiger partial charge is 0.477 e. The Bertz CT molecular complexity index is 554. The predicted octanol–water partition coefficient (Wildman–Crippen LogP) is 2.85. The van der Waals surface area contributed by atoms with Gasteiger partial charge in [0.05, 0.1) is 5.69 Å². The van der Waals surface area contributed by atoms with Crippen LogP contribution in [0.4, 0.5) is 5.13 Å². The summed E-state index contributed by atoms with van der Waals surface area (Å²) >= 11 is 4.30. The van der Waals surface area contributed by atoms with Crippen LogP contribution in [0.2, 0.25) is 0 Å². The molecule has 0 aliphatic rings. The highest BCUT2D eigenvalue weighted by Crippen LogP contribution is 2.30. The number of halogens is 1. The zero-order chi connectivity index (χ0) is 11.7. The maximum absolute atomic E-state index is 11.0. The van der Waals surface area contributed by atoms with Crippen molar-refractivity contribution >= 4 is 38.4 Å². The van der Waals surface area contributed by atoms with Gasteiger partial charge in [-0.2, -0.15) is 0 Å². The van der Waals surface area contributed by atoms with Gasteiger partial charge in [-0.3, -0.25) is 0 Å². The van der Waals surface area contributed by atoms with Gasteiger partial charge in [0, 0.05) is 10.0 Å². The van der Waals surface area contributed by atoms with Crippen LogP contribution < -0.4 is 5.73 Å². The molecule has 0 atom stereocenters. The quantitative estimate of drug-likeness (QED) is 0.894. The molecule has 2 aromatic rings. The summed E-state index contributed by atoms with van der Waals surface area (Å²) in [5.74, 6) is -1.01. The molecule has 0 bridgehead atoms. The average Bonchev–Trinajstić information content (AvgIpc) is 2.60. The third-order valence-corrected chi connectivity index (χ3v) is 3.30. The number of carbonyl (C=O) groups is 1. The second-order valence-electron chi connectivity index (χ2n) is 3.05. The molecule has 4 nitrogen and oxygen atoms in total. The fraction of sp³-hybridized carbons (Fsp3) is 0.